The highest BCUT2D eigenvalue weighted by atomic mass is 19.3. The molecule has 5 heteroatoms. The second-order valence-electron chi connectivity index (χ2n) is 3.21. The Hall–Kier alpha value is -1.78. The highest BCUT2D eigenvalue weighted by Gasteiger charge is 2.12. The molecule has 0 saturated heterocycles. The molecule has 1 aromatic rings. The second-order valence-corrected chi connectivity index (χ2v) is 3.21. The fourth-order valence-corrected chi connectivity index (χ4v) is 1.32. The monoisotopic (exact) mass is 228 g/mol. The fraction of sp³-hybridized carbons (Fsp3) is 0.273. The van der Waals surface area contributed by atoms with E-state index in [4.69, 9.17) is 0 Å². The highest BCUT2D eigenvalue weighted by molar-refractivity contribution is 5.81. The molecular weight excluding hydrogens is 218 g/mol. The first-order valence-corrected chi connectivity index (χ1v) is 4.57. The highest BCUT2D eigenvalue weighted by Crippen LogP contribution is 2.23. The number of halogens is 2. The van der Waals surface area contributed by atoms with E-state index in [1.165, 1.54) is 18.2 Å². The molecule has 1 rings (SSSR count). The molecule has 0 fully saturated rings. The summed E-state index contributed by atoms with van der Waals surface area (Å²) in [6.07, 6.45) is 1.18. The van der Waals surface area contributed by atoms with E-state index in [9.17, 15) is 18.4 Å². The first-order chi connectivity index (χ1) is 7.58. The van der Waals surface area contributed by atoms with Crippen LogP contribution in [0.3, 0.4) is 0 Å². The summed E-state index contributed by atoms with van der Waals surface area (Å²) < 4.78 is 28.0. The van der Waals surface area contributed by atoms with Gasteiger partial charge in [0.1, 0.15) is 18.3 Å². The third kappa shape index (κ3) is 2.85. The minimum Gasteiger partial charge on any atom is -0.435 e. The number of alkyl halides is 2. The van der Waals surface area contributed by atoms with E-state index in [2.05, 4.69) is 4.74 Å². The number of hydrogen-bond acceptors (Lipinski definition) is 3. The molecule has 0 heterocycles. The van der Waals surface area contributed by atoms with E-state index in [1.807, 2.05) is 0 Å². The molecule has 0 aliphatic rings. The Kier molecular flexibility index (Phi) is 4.10. The van der Waals surface area contributed by atoms with Crippen molar-refractivity contribution in [2.24, 2.45) is 0 Å². The van der Waals surface area contributed by atoms with Gasteiger partial charge in [-0.3, -0.25) is 4.79 Å². The lowest BCUT2D eigenvalue weighted by Gasteiger charge is -2.10. The molecule has 0 N–H and O–H groups in total. The molecule has 1 unspecified atom stereocenters. The third-order valence-electron chi connectivity index (χ3n) is 2.11. The van der Waals surface area contributed by atoms with Gasteiger partial charge in [0, 0.05) is 11.5 Å². The van der Waals surface area contributed by atoms with Crippen LogP contribution in [-0.4, -0.2) is 19.2 Å². The number of carbonyl (C=O) groups excluding carboxylic acids is 2. The molecule has 1 atom stereocenters. The van der Waals surface area contributed by atoms with Crippen LogP contribution in [0.2, 0.25) is 0 Å². The van der Waals surface area contributed by atoms with Gasteiger partial charge in [-0.15, -0.1) is 0 Å². The second kappa shape index (κ2) is 5.34. The van der Waals surface area contributed by atoms with Crippen LogP contribution in [0.25, 0.3) is 0 Å². The molecule has 0 amide bonds. The maximum absolute atomic E-state index is 11.9. The summed E-state index contributed by atoms with van der Waals surface area (Å²) in [7, 11) is 0. The van der Waals surface area contributed by atoms with Crippen LogP contribution in [-0.2, 0) is 4.79 Å². The minimum absolute atomic E-state index is 0.0982. The molecule has 1 aromatic carbocycles. The molecule has 86 valence electrons. The largest absolute Gasteiger partial charge is 0.435 e. The van der Waals surface area contributed by atoms with E-state index in [0.29, 0.717) is 18.1 Å². The molecule has 0 saturated carbocycles. The van der Waals surface area contributed by atoms with E-state index in [1.54, 1.807) is 6.92 Å². The van der Waals surface area contributed by atoms with Gasteiger partial charge >= 0.3 is 6.61 Å². The average molecular weight is 228 g/mol. The van der Waals surface area contributed by atoms with Crippen LogP contribution in [0.1, 0.15) is 28.8 Å². The average Bonchev–Trinajstić information content (AvgIpc) is 2.27. The summed E-state index contributed by atoms with van der Waals surface area (Å²) in [5.74, 6) is -0.556. The van der Waals surface area contributed by atoms with Crippen molar-refractivity contribution in [3.63, 3.8) is 0 Å². The van der Waals surface area contributed by atoms with Crippen molar-refractivity contribution in [2.45, 2.75) is 19.5 Å². The van der Waals surface area contributed by atoms with Crippen molar-refractivity contribution in [1.29, 1.82) is 0 Å². The standard InChI is InChI=1S/C11H10F2O3/c1-7(5-14)10-3-2-9(16-11(12)13)4-8(10)6-15/h2-7,11H,1H3. The van der Waals surface area contributed by atoms with Crippen molar-refractivity contribution in [3.8, 4) is 5.75 Å². The van der Waals surface area contributed by atoms with Crippen molar-refractivity contribution >= 4 is 12.6 Å². The molecule has 0 spiro atoms. The Morgan fingerprint density at radius 1 is 1.31 bits per heavy atom. The lowest BCUT2D eigenvalue weighted by molar-refractivity contribution is -0.108. The maximum atomic E-state index is 11.9. The van der Waals surface area contributed by atoms with Crippen LogP contribution in [0.15, 0.2) is 18.2 Å². The molecule has 16 heavy (non-hydrogen) atoms. The maximum Gasteiger partial charge on any atom is 0.387 e. The fourth-order valence-electron chi connectivity index (χ4n) is 1.32. The molecule has 0 aromatic heterocycles. The molecule has 0 aliphatic heterocycles. The topological polar surface area (TPSA) is 43.4 Å². The van der Waals surface area contributed by atoms with Gasteiger partial charge in [-0.1, -0.05) is 13.0 Å². The van der Waals surface area contributed by atoms with E-state index in [-0.39, 0.29) is 11.3 Å². The minimum atomic E-state index is -2.94. The van der Waals surface area contributed by atoms with Gasteiger partial charge in [0.05, 0.1) is 0 Å². The Morgan fingerprint density at radius 2 is 2.00 bits per heavy atom. The zero-order chi connectivity index (χ0) is 12.1. The lowest BCUT2D eigenvalue weighted by atomic mass is 9.97. The smallest absolute Gasteiger partial charge is 0.387 e. The zero-order valence-corrected chi connectivity index (χ0v) is 8.52. The SMILES string of the molecule is CC(C=O)c1ccc(OC(F)F)cc1C=O. The Morgan fingerprint density at radius 3 is 2.50 bits per heavy atom. The summed E-state index contributed by atoms with van der Waals surface area (Å²) in [6, 6.07) is 3.92. The molecule has 3 nitrogen and oxygen atoms in total. The molecular formula is C11H10F2O3. The Balaban J connectivity index is 3.06. The van der Waals surface area contributed by atoms with Gasteiger partial charge in [-0.05, 0) is 17.7 Å². The van der Waals surface area contributed by atoms with Gasteiger partial charge < -0.3 is 9.53 Å². The van der Waals surface area contributed by atoms with Crippen LogP contribution >= 0.6 is 0 Å². The number of rotatable bonds is 5. The van der Waals surface area contributed by atoms with Crippen molar-refractivity contribution in [3.05, 3.63) is 29.3 Å². The normalized spacial score (nSPS) is 12.2. The summed E-state index contributed by atoms with van der Waals surface area (Å²) in [5, 5.41) is 0. The van der Waals surface area contributed by atoms with Crippen molar-refractivity contribution in [1.82, 2.24) is 0 Å². The number of ether oxygens (including phenoxy) is 1. The van der Waals surface area contributed by atoms with E-state index >= 15 is 0 Å². The van der Waals surface area contributed by atoms with Crippen molar-refractivity contribution in [2.75, 3.05) is 0 Å². The summed E-state index contributed by atoms with van der Waals surface area (Å²) in [6.45, 7) is -1.32. The number of carbonyl (C=O) groups is 2. The third-order valence-corrected chi connectivity index (χ3v) is 2.11. The number of benzene rings is 1. The van der Waals surface area contributed by atoms with E-state index < -0.39 is 12.5 Å². The summed E-state index contributed by atoms with van der Waals surface area (Å²) in [4.78, 5) is 21.3. The number of aldehydes is 2. The first kappa shape index (κ1) is 12.3. The number of hydrogen-bond donors (Lipinski definition) is 0. The van der Waals surface area contributed by atoms with E-state index in [0.717, 1.165) is 0 Å². The predicted octanol–water partition coefficient (Wildman–Crippen LogP) is 2.40. The van der Waals surface area contributed by atoms with Crippen LogP contribution in [0.5, 0.6) is 5.75 Å². The van der Waals surface area contributed by atoms with Gasteiger partial charge in [-0.25, -0.2) is 0 Å². The summed E-state index contributed by atoms with van der Waals surface area (Å²) in [5.41, 5.74) is 0.671. The quantitative estimate of drug-likeness (QED) is 0.727. The van der Waals surface area contributed by atoms with Crippen molar-refractivity contribution < 1.29 is 23.1 Å². The first-order valence-electron chi connectivity index (χ1n) is 4.57. The Bertz CT molecular complexity index is 391. The summed E-state index contributed by atoms with van der Waals surface area (Å²) >= 11 is 0. The van der Waals surface area contributed by atoms with Gasteiger partial charge in [0.25, 0.3) is 0 Å². The Labute approximate surface area is 91.0 Å². The molecule has 0 radical (unpaired) electrons. The van der Waals surface area contributed by atoms with Gasteiger partial charge in [-0.2, -0.15) is 8.78 Å². The molecule has 0 bridgehead atoms. The zero-order valence-electron chi connectivity index (χ0n) is 8.52. The predicted molar refractivity (Wildman–Crippen MR) is 52.9 cm³/mol. The molecule has 0 aliphatic carbocycles. The van der Waals surface area contributed by atoms with Gasteiger partial charge in [0.15, 0.2) is 0 Å². The van der Waals surface area contributed by atoms with Crippen LogP contribution in [0.4, 0.5) is 8.78 Å². The van der Waals surface area contributed by atoms with Crippen LogP contribution < -0.4 is 4.74 Å². The lowest BCUT2D eigenvalue weighted by Crippen LogP contribution is -2.04. The van der Waals surface area contributed by atoms with Gasteiger partial charge in [0.2, 0.25) is 0 Å². The van der Waals surface area contributed by atoms with Crippen LogP contribution in [0, 0.1) is 0 Å².